The molecule has 1 N–H and O–H groups in total. The van der Waals surface area contributed by atoms with Gasteiger partial charge in [0.1, 0.15) is 17.4 Å². The summed E-state index contributed by atoms with van der Waals surface area (Å²) in [6, 6.07) is 21.2. The number of hydrogen-bond donors (Lipinski definition) is 1. The van der Waals surface area contributed by atoms with Gasteiger partial charge in [-0.3, -0.25) is 9.59 Å². The summed E-state index contributed by atoms with van der Waals surface area (Å²) in [5.74, 6) is -2.05. The summed E-state index contributed by atoms with van der Waals surface area (Å²) in [6.45, 7) is 2.33. The number of carbonyl (C=O) groups excluding carboxylic acids is 2. The van der Waals surface area contributed by atoms with Gasteiger partial charge in [0.15, 0.2) is 17.0 Å². The van der Waals surface area contributed by atoms with Crippen molar-refractivity contribution in [3.8, 4) is 11.5 Å². The molecule has 0 radical (unpaired) electrons. The highest BCUT2D eigenvalue weighted by molar-refractivity contribution is 6.30. The van der Waals surface area contributed by atoms with Crippen LogP contribution in [0.5, 0.6) is 11.5 Å². The average Bonchev–Trinajstić information content (AvgIpc) is 3.22. The first-order chi connectivity index (χ1) is 16.8. The molecule has 0 aromatic heterocycles. The van der Waals surface area contributed by atoms with Crippen molar-refractivity contribution in [3.63, 3.8) is 0 Å². The smallest absolute Gasteiger partial charge is 0.233 e. The molecule has 3 aromatic rings. The Kier molecular flexibility index (Phi) is 5.61. The predicted octanol–water partition coefficient (Wildman–Crippen LogP) is 4.29. The summed E-state index contributed by atoms with van der Waals surface area (Å²) in [4.78, 5) is 29.1. The van der Waals surface area contributed by atoms with Crippen LogP contribution in [0.15, 0.2) is 72.8 Å². The van der Waals surface area contributed by atoms with Crippen molar-refractivity contribution in [2.75, 3.05) is 20.7 Å². The second-order valence-corrected chi connectivity index (χ2v) is 9.55. The molecule has 0 saturated heterocycles. The third kappa shape index (κ3) is 3.20. The number of nitrogens with zero attached hydrogens (tertiary/aromatic N) is 1. The minimum absolute atomic E-state index is 0.316. The van der Waals surface area contributed by atoms with E-state index in [4.69, 9.17) is 21.1 Å². The molecule has 1 amide bonds. The minimum atomic E-state index is -2.11. The maximum Gasteiger partial charge on any atom is 0.233 e. The van der Waals surface area contributed by atoms with Crippen LogP contribution in [0.3, 0.4) is 0 Å². The Hall–Kier alpha value is -3.35. The first-order valence-corrected chi connectivity index (χ1v) is 11.9. The Balaban J connectivity index is 1.84. The molecule has 1 saturated carbocycles. The number of ether oxygens (including phenoxy) is 2. The zero-order valence-corrected chi connectivity index (χ0v) is 20.5. The normalized spacial score (nSPS) is 26.6. The lowest BCUT2D eigenvalue weighted by Gasteiger charge is -2.39. The molecule has 1 aliphatic carbocycles. The Morgan fingerprint density at radius 2 is 1.77 bits per heavy atom. The summed E-state index contributed by atoms with van der Waals surface area (Å²) in [5.41, 5.74) is -2.13. The number of carbonyl (C=O) groups is 2. The summed E-state index contributed by atoms with van der Waals surface area (Å²) in [7, 11) is 3.21. The molecule has 3 aromatic carbocycles. The lowest BCUT2D eigenvalue weighted by Crippen LogP contribution is -2.50. The van der Waals surface area contributed by atoms with Gasteiger partial charge < -0.3 is 19.5 Å². The van der Waals surface area contributed by atoms with Crippen LogP contribution >= 0.6 is 11.6 Å². The van der Waals surface area contributed by atoms with Gasteiger partial charge in [-0.2, -0.15) is 0 Å². The number of ketones is 1. The molecule has 6 nitrogen and oxygen atoms in total. The van der Waals surface area contributed by atoms with Gasteiger partial charge >= 0.3 is 0 Å². The van der Waals surface area contributed by atoms with Crippen molar-refractivity contribution in [1.82, 2.24) is 4.90 Å². The molecular weight excluding hydrogens is 466 g/mol. The van der Waals surface area contributed by atoms with Crippen molar-refractivity contribution in [3.05, 3.63) is 94.5 Å². The number of fused-ring (bicyclic) bond motifs is 3. The maximum atomic E-state index is 14.2. The zero-order valence-electron chi connectivity index (χ0n) is 19.7. The quantitative estimate of drug-likeness (QED) is 0.539. The topological polar surface area (TPSA) is 76.1 Å². The molecule has 0 unspecified atom stereocenters. The summed E-state index contributed by atoms with van der Waals surface area (Å²) < 4.78 is 12.3. The number of Topliss-reactive ketones (excluding diaryl/α,β-unsaturated/α-hetero) is 1. The Labute approximate surface area is 209 Å². The largest absolute Gasteiger partial charge is 0.494 e. The molecule has 1 heterocycles. The summed E-state index contributed by atoms with van der Waals surface area (Å²) in [5, 5.41) is 13.0. The van der Waals surface area contributed by atoms with Crippen LogP contribution < -0.4 is 9.47 Å². The Morgan fingerprint density at radius 1 is 1.09 bits per heavy atom. The lowest BCUT2D eigenvalue weighted by atomic mass is 9.71. The fourth-order valence-corrected chi connectivity index (χ4v) is 5.70. The Bertz CT molecular complexity index is 1290. The fraction of sp³-hybridized carbons (Fsp3) is 0.286. The van der Waals surface area contributed by atoms with E-state index in [1.807, 2.05) is 37.3 Å². The van der Waals surface area contributed by atoms with Gasteiger partial charge in [0.05, 0.1) is 12.5 Å². The first kappa shape index (κ1) is 23.4. The fourth-order valence-electron chi connectivity index (χ4n) is 5.57. The molecule has 1 fully saturated rings. The molecule has 1 aliphatic heterocycles. The molecule has 4 atom stereocenters. The van der Waals surface area contributed by atoms with Crippen LogP contribution in [0.2, 0.25) is 5.02 Å². The SMILES string of the molecule is CCOc1ccc2c(c1)O[C@@]1(c3ccc(Cl)cc3)[C@H](c3ccccc3)[C@@H](C(=O)N(C)C)C(=O)[C@@]21O. The molecule has 7 heteroatoms. The van der Waals surface area contributed by atoms with E-state index in [0.29, 0.717) is 39.8 Å². The molecule has 0 spiro atoms. The molecular formula is C28H26ClNO5. The van der Waals surface area contributed by atoms with Gasteiger partial charge in [-0.15, -0.1) is 0 Å². The highest BCUT2D eigenvalue weighted by Gasteiger charge is 2.77. The van der Waals surface area contributed by atoms with Crippen molar-refractivity contribution in [1.29, 1.82) is 0 Å². The van der Waals surface area contributed by atoms with Gasteiger partial charge in [0.2, 0.25) is 5.91 Å². The lowest BCUT2D eigenvalue weighted by molar-refractivity contribution is -0.153. The van der Waals surface area contributed by atoms with Crippen molar-refractivity contribution in [2.45, 2.75) is 24.0 Å². The second kappa shape index (κ2) is 8.40. The second-order valence-electron chi connectivity index (χ2n) is 9.11. The van der Waals surface area contributed by atoms with Crippen LogP contribution in [0.25, 0.3) is 0 Å². The van der Waals surface area contributed by atoms with Crippen LogP contribution in [0, 0.1) is 5.92 Å². The molecule has 2 aliphatic rings. The van der Waals surface area contributed by atoms with E-state index in [-0.39, 0.29) is 0 Å². The predicted molar refractivity (Wildman–Crippen MR) is 132 cm³/mol. The number of rotatable bonds is 5. The van der Waals surface area contributed by atoms with E-state index in [0.717, 1.165) is 0 Å². The monoisotopic (exact) mass is 491 g/mol. The van der Waals surface area contributed by atoms with Gasteiger partial charge in [0, 0.05) is 30.7 Å². The van der Waals surface area contributed by atoms with Crippen molar-refractivity contribution < 1.29 is 24.2 Å². The molecule has 35 heavy (non-hydrogen) atoms. The standard InChI is InChI=1S/C28H26ClNO5/c1-4-34-20-14-15-21-22(16-20)35-28(18-10-12-19(29)13-11-18)24(17-8-6-5-7-9-17)23(26(32)30(2)3)25(31)27(21,28)33/h5-16,23-24,33H,4H2,1-3H3/t23-,24-,27+,28+/m1/s1. The van der Waals surface area contributed by atoms with Crippen LogP contribution in [-0.4, -0.2) is 42.4 Å². The van der Waals surface area contributed by atoms with Crippen molar-refractivity contribution in [2.24, 2.45) is 5.92 Å². The number of halogens is 1. The highest BCUT2D eigenvalue weighted by atomic mass is 35.5. The molecule has 5 rings (SSSR count). The van der Waals surface area contributed by atoms with Crippen LogP contribution in [-0.2, 0) is 20.8 Å². The van der Waals surface area contributed by atoms with Crippen LogP contribution in [0.1, 0.15) is 29.5 Å². The third-order valence-electron chi connectivity index (χ3n) is 7.01. The first-order valence-electron chi connectivity index (χ1n) is 11.5. The molecule has 0 bridgehead atoms. The van der Waals surface area contributed by atoms with Gasteiger partial charge in [0.25, 0.3) is 0 Å². The Morgan fingerprint density at radius 3 is 2.40 bits per heavy atom. The number of benzene rings is 3. The van der Waals surface area contributed by atoms with E-state index in [1.165, 1.54) is 4.90 Å². The average molecular weight is 492 g/mol. The maximum absolute atomic E-state index is 14.2. The van der Waals surface area contributed by atoms with E-state index in [1.54, 1.807) is 56.6 Å². The van der Waals surface area contributed by atoms with Gasteiger partial charge in [-0.1, -0.05) is 54.1 Å². The number of hydrogen-bond acceptors (Lipinski definition) is 5. The van der Waals surface area contributed by atoms with Gasteiger partial charge in [-0.05, 0) is 42.3 Å². The van der Waals surface area contributed by atoms with Crippen LogP contribution in [0.4, 0.5) is 0 Å². The van der Waals surface area contributed by atoms with E-state index < -0.39 is 34.7 Å². The number of aliphatic hydroxyl groups is 1. The van der Waals surface area contributed by atoms with E-state index in [9.17, 15) is 14.7 Å². The molecule has 180 valence electrons. The third-order valence-corrected chi connectivity index (χ3v) is 7.26. The minimum Gasteiger partial charge on any atom is -0.494 e. The van der Waals surface area contributed by atoms with E-state index >= 15 is 0 Å². The summed E-state index contributed by atoms with van der Waals surface area (Å²) >= 11 is 6.19. The van der Waals surface area contributed by atoms with E-state index in [2.05, 4.69) is 0 Å². The number of amides is 1. The zero-order chi connectivity index (χ0) is 25.0. The highest BCUT2D eigenvalue weighted by Crippen LogP contribution is 2.67. The summed E-state index contributed by atoms with van der Waals surface area (Å²) in [6.07, 6.45) is 0. The van der Waals surface area contributed by atoms with Gasteiger partial charge in [-0.25, -0.2) is 0 Å². The van der Waals surface area contributed by atoms with Crippen molar-refractivity contribution >= 4 is 23.3 Å².